The Balaban J connectivity index is 1.31. The predicted molar refractivity (Wildman–Crippen MR) is 107 cm³/mol. The summed E-state index contributed by atoms with van der Waals surface area (Å²) in [5.41, 5.74) is 2.55. The van der Waals surface area contributed by atoms with Gasteiger partial charge in [0.05, 0.1) is 0 Å². The highest BCUT2D eigenvalue weighted by Gasteiger charge is 2.22. The monoisotopic (exact) mass is 370 g/mol. The summed E-state index contributed by atoms with van der Waals surface area (Å²) in [6, 6.07) is 12.5. The van der Waals surface area contributed by atoms with Crippen LogP contribution in [0.1, 0.15) is 28.8 Å². The molecule has 2 N–H and O–H groups in total. The smallest absolute Gasteiger partial charge is 0.223 e. The van der Waals surface area contributed by atoms with E-state index in [2.05, 4.69) is 45.3 Å². The first kappa shape index (κ1) is 18.5. The number of rotatable bonds is 7. The quantitative estimate of drug-likeness (QED) is 0.448. The van der Waals surface area contributed by atoms with Crippen molar-refractivity contribution in [1.82, 2.24) is 15.5 Å². The first-order valence-corrected chi connectivity index (χ1v) is 9.95. The first-order chi connectivity index (χ1) is 12.8. The Kier molecular flexibility index (Phi) is 6.66. The molecule has 5 nitrogen and oxygen atoms in total. The zero-order chi connectivity index (χ0) is 18.2. The van der Waals surface area contributed by atoms with E-state index in [1.807, 2.05) is 17.0 Å². The fourth-order valence-corrected chi connectivity index (χ4v) is 3.80. The molecule has 0 atom stereocenters. The zero-order valence-electron chi connectivity index (χ0n) is 15.2. The normalized spacial score (nSPS) is 13.6. The van der Waals surface area contributed by atoms with Crippen molar-refractivity contribution in [2.24, 2.45) is 4.99 Å². The van der Waals surface area contributed by atoms with Crippen LogP contribution < -0.4 is 10.6 Å². The van der Waals surface area contributed by atoms with Gasteiger partial charge in [0, 0.05) is 44.5 Å². The maximum Gasteiger partial charge on any atom is 0.223 e. The van der Waals surface area contributed by atoms with Crippen LogP contribution in [0.15, 0.2) is 46.8 Å². The molecule has 0 saturated heterocycles. The Morgan fingerprint density at radius 1 is 1.12 bits per heavy atom. The van der Waals surface area contributed by atoms with Crippen molar-refractivity contribution in [3.8, 4) is 0 Å². The number of carbonyl (C=O) groups excluding carboxylic acids is 1. The summed E-state index contributed by atoms with van der Waals surface area (Å²) < 4.78 is 0. The molecule has 1 aromatic carbocycles. The zero-order valence-corrected chi connectivity index (χ0v) is 16.0. The first-order valence-electron chi connectivity index (χ1n) is 9.07. The van der Waals surface area contributed by atoms with Crippen LogP contribution in [0, 0.1) is 0 Å². The third kappa shape index (κ3) is 5.08. The van der Waals surface area contributed by atoms with E-state index < -0.39 is 0 Å². The summed E-state index contributed by atoms with van der Waals surface area (Å²) in [6.45, 7) is 3.08. The molecule has 1 aliphatic rings. The Morgan fingerprint density at radius 2 is 1.85 bits per heavy atom. The minimum absolute atomic E-state index is 0.226. The van der Waals surface area contributed by atoms with Gasteiger partial charge in [0.1, 0.15) is 0 Å². The van der Waals surface area contributed by atoms with Crippen molar-refractivity contribution in [1.29, 1.82) is 0 Å². The lowest BCUT2D eigenvalue weighted by Crippen LogP contribution is -2.39. The van der Waals surface area contributed by atoms with Crippen molar-refractivity contribution in [3.05, 3.63) is 57.8 Å². The molecule has 0 aliphatic carbocycles. The molecule has 0 saturated carbocycles. The molecule has 1 aliphatic heterocycles. The lowest BCUT2D eigenvalue weighted by Gasteiger charge is -2.16. The summed E-state index contributed by atoms with van der Waals surface area (Å²) in [7, 11) is 1.77. The molecule has 0 unspecified atom stereocenters. The molecule has 1 amide bonds. The van der Waals surface area contributed by atoms with Gasteiger partial charge >= 0.3 is 0 Å². The molecule has 2 heterocycles. The van der Waals surface area contributed by atoms with Crippen LogP contribution in [0.25, 0.3) is 0 Å². The van der Waals surface area contributed by atoms with Gasteiger partial charge in [-0.25, -0.2) is 0 Å². The molecule has 2 aromatic rings. The molecule has 0 fully saturated rings. The van der Waals surface area contributed by atoms with Gasteiger partial charge in [-0.1, -0.05) is 30.3 Å². The molecule has 6 heteroatoms. The van der Waals surface area contributed by atoms with Gasteiger partial charge in [0.25, 0.3) is 0 Å². The Morgan fingerprint density at radius 3 is 2.50 bits per heavy atom. The number of nitrogens with one attached hydrogen (secondary N) is 2. The second-order valence-electron chi connectivity index (χ2n) is 6.38. The molecule has 1 aromatic heterocycles. The number of hydrogen-bond acceptors (Lipinski definition) is 3. The van der Waals surface area contributed by atoms with Crippen molar-refractivity contribution >= 4 is 23.2 Å². The third-order valence-electron chi connectivity index (χ3n) is 4.52. The highest BCUT2D eigenvalue weighted by atomic mass is 32.1. The number of guanidine groups is 1. The highest BCUT2D eigenvalue weighted by Crippen LogP contribution is 2.22. The summed E-state index contributed by atoms with van der Waals surface area (Å²) in [5, 5.41) is 8.69. The minimum Gasteiger partial charge on any atom is -0.356 e. The number of amides is 1. The second kappa shape index (κ2) is 9.38. The van der Waals surface area contributed by atoms with E-state index >= 15 is 0 Å². The second-order valence-corrected chi connectivity index (χ2v) is 7.41. The van der Waals surface area contributed by atoms with E-state index in [4.69, 9.17) is 0 Å². The van der Waals surface area contributed by atoms with Gasteiger partial charge < -0.3 is 15.5 Å². The summed E-state index contributed by atoms with van der Waals surface area (Å²) in [5.74, 6) is 1.02. The molecule has 3 rings (SSSR count). The van der Waals surface area contributed by atoms with E-state index in [1.54, 1.807) is 18.4 Å². The average molecular weight is 371 g/mol. The third-order valence-corrected chi connectivity index (χ3v) is 5.46. The molecule has 26 heavy (non-hydrogen) atoms. The van der Waals surface area contributed by atoms with Gasteiger partial charge in [0.15, 0.2) is 5.96 Å². The van der Waals surface area contributed by atoms with Crippen LogP contribution in [-0.2, 0) is 24.3 Å². The van der Waals surface area contributed by atoms with Crippen LogP contribution in [-0.4, -0.2) is 36.9 Å². The fourth-order valence-electron chi connectivity index (χ4n) is 3.09. The van der Waals surface area contributed by atoms with E-state index in [-0.39, 0.29) is 5.91 Å². The molecule has 138 valence electrons. The topological polar surface area (TPSA) is 56.7 Å². The Bertz CT molecular complexity index is 717. The Labute approximate surface area is 159 Å². The van der Waals surface area contributed by atoms with Gasteiger partial charge in [-0.05, 0) is 35.4 Å². The SMILES string of the molecule is CN=C(NCCCC(=O)N1Cc2ccccc2C1)NCCc1cccs1. The number of thiophene rings is 1. The van der Waals surface area contributed by atoms with Gasteiger partial charge in [0.2, 0.25) is 5.91 Å². The molecule has 0 bridgehead atoms. The molecule has 0 radical (unpaired) electrons. The number of fused-ring (bicyclic) bond motifs is 1. The van der Waals surface area contributed by atoms with Gasteiger partial charge in [-0.2, -0.15) is 0 Å². The summed E-state index contributed by atoms with van der Waals surface area (Å²) in [4.78, 5) is 19.9. The average Bonchev–Trinajstić information content (AvgIpc) is 3.32. The van der Waals surface area contributed by atoms with Crippen molar-refractivity contribution < 1.29 is 4.79 Å². The maximum atomic E-state index is 12.4. The highest BCUT2D eigenvalue weighted by molar-refractivity contribution is 7.09. The molecule has 0 spiro atoms. The van der Waals surface area contributed by atoms with Crippen LogP contribution >= 0.6 is 11.3 Å². The standard InChI is InChI=1S/C20H26N4OS/c1-21-20(23-12-10-18-8-5-13-26-18)22-11-4-9-19(25)24-14-16-6-2-3-7-17(16)15-24/h2-3,5-8,13H,4,9-12,14-15H2,1H3,(H2,21,22,23). The summed E-state index contributed by atoms with van der Waals surface area (Å²) >= 11 is 1.77. The largest absolute Gasteiger partial charge is 0.356 e. The van der Waals surface area contributed by atoms with Crippen molar-refractivity contribution in [2.75, 3.05) is 20.1 Å². The Hall–Kier alpha value is -2.34. The number of carbonyl (C=O) groups is 1. The van der Waals surface area contributed by atoms with E-state index in [1.165, 1.54) is 16.0 Å². The van der Waals surface area contributed by atoms with Crippen LogP contribution in [0.3, 0.4) is 0 Å². The molecular formula is C20H26N4OS. The lowest BCUT2D eigenvalue weighted by molar-refractivity contribution is -0.131. The number of nitrogens with zero attached hydrogens (tertiary/aromatic N) is 2. The fraction of sp³-hybridized carbons (Fsp3) is 0.400. The van der Waals surface area contributed by atoms with Crippen molar-refractivity contribution in [2.45, 2.75) is 32.4 Å². The maximum absolute atomic E-state index is 12.4. The number of hydrogen-bond donors (Lipinski definition) is 2. The lowest BCUT2D eigenvalue weighted by atomic mass is 10.1. The number of aliphatic imine (C=N–C) groups is 1. The minimum atomic E-state index is 0.226. The van der Waals surface area contributed by atoms with E-state index in [0.29, 0.717) is 6.42 Å². The van der Waals surface area contributed by atoms with Gasteiger partial charge in [-0.3, -0.25) is 9.79 Å². The predicted octanol–water partition coefficient (Wildman–Crippen LogP) is 2.78. The van der Waals surface area contributed by atoms with Crippen LogP contribution in [0.5, 0.6) is 0 Å². The number of benzene rings is 1. The van der Waals surface area contributed by atoms with Crippen LogP contribution in [0.4, 0.5) is 0 Å². The van der Waals surface area contributed by atoms with E-state index in [0.717, 1.165) is 45.0 Å². The van der Waals surface area contributed by atoms with E-state index in [9.17, 15) is 4.79 Å². The summed E-state index contributed by atoms with van der Waals surface area (Å²) in [6.07, 6.45) is 2.36. The van der Waals surface area contributed by atoms with Crippen molar-refractivity contribution in [3.63, 3.8) is 0 Å². The molecular weight excluding hydrogens is 344 g/mol. The van der Waals surface area contributed by atoms with Crippen LogP contribution in [0.2, 0.25) is 0 Å². The van der Waals surface area contributed by atoms with Gasteiger partial charge in [-0.15, -0.1) is 11.3 Å².